The van der Waals surface area contributed by atoms with Crippen LogP contribution < -0.4 is 0 Å². The van der Waals surface area contributed by atoms with E-state index >= 15 is 0 Å². The molecule has 0 unspecified atom stereocenters. The molecule has 2 aromatic carbocycles. The highest BCUT2D eigenvalue weighted by Crippen LogP contribution is 2.37. The number of aromatic amines is 1. The lowest BCUT2D eigenvalue weighted by atomic mass is 9.87. The number of aromatic nitrogens is 2. The van der Waals surface area contributed by atoms with E-state index in [0.29, 0.717) is 34.8 Å². The molecular weight excluding hydrogens is 398 g/mol. The van der Waals surface area contributed by atoms with Crippen LogP contribution in [-0.2, 0) is 17.6 Å². The maximum Gasteiger partial charge on any atom is 0.227 e. The van der Waals surface area contributed by atoms with Gasteiger partial charge < -0.3 is 4.90 Å². The highest BCUT2D eigenvalue weighted by Gasteiger charge is 2.30. The number of fused-ring (bicyclic) bond motifs is 1. The number of hydrogen-bond donors (Lipinski definition) is 1. The van der Waals surface area contributed by atoms with Gasteiger partial charge in [-0.1, -0.05) is 35.9 Å². The molecule has 30 heavy (non-hydrogen) atoms. The topological polar surface area (TPSA) is 96.6 Å². The molecule has 0 spiro atoms. The molecule has 6 nitrogen and oxygen atoms in total. The molecule has 0 aliphatic carbocycles. The molecule has 0 radical (unpaired) electrons. The van der Waals surface area contributed by atoms with E-state index < -0.39 is 0 Å². The Labute approximate surface area is 179 Å². The van der Waals surface area contributed by atoms with Crippen molar-refractivity contribution in [1.29, 1.82) is 10.5 Å². The second kappa shape index (κ2) is 8.02. The molecule has 1 amide bonds. The summed E-state index contributed by atoms with van der Waals surface area (Å²) in [5.41, 5.74) is 5.34. The van der Waals surface area contributed by atoms with Gasteiger partial charge in [-0.05, 0) is 47.7 Å². The van der Waals surface area contributed by atoms with Crippen molar-refractivity contribution in [2.45, 2.75) is 25.8 Å². The summed E-state index contributed by atoms with van der Waals surface area (Å²) in [5, 5.41) is 25.8. The third-order valence-electron chi connectivity index (χ3n) is 5.66. The zero-order valence-corrected chi connectivity index (χ0v) is 17.1. The third-order valence-corrected chi connectivity index (χ3v) is 6.02. The van der Waals surface area contributed by atoms with Crippen LogP contribution in [0, 0.1) is 22.7 Å². The first-order chi connectivity index (χ1) is 14.5. The molecule has 1 aliphatic heterocycles. The number of rotatable bonds is 3. The second-order valence-electron chi connectivity index (χ2n) is 7.21. The fourth-order valence-electron chi connectivity index (χ4n) is 4.13. The van der Waals surface area contributed by atoms with Gasteiger partial charge in [0.05, 0.1) is 30.3 Å². The van der Waals surface area contributed by atoms with E-state index in [-0.39, 0.29) is 18.4 Å². The van der Waals surface area contributed by atoms with E-state index in [4.69, 9.17) is 11.6 Å². The Morgan fingerprint density at radius 2 is 2.03 bits per heavy atom. The summed E-state index contributed by atoms with van der Waals surface area (Å²) in [6.07, 6.45) is 2.42. The van der Waals surface area contributed by atoms with Gasteiger partial charge in [-0.25, -0.2) is 0 Å². The molecule has 1 N–H and O–H groups in total. The number of hydrogen-bond acceptors (Lipinski definition) is 4. The molecule has 7 heteroatoms. The minimum Gasteiger partial charge on any atom is -0.335 e. The maximum absolute atomic E-state index is 13.1. The summed E-state index contributed by atoms with van der Waals surface area (Å²) >= 11 is 6.26. The van der Waals surface area contributed by atoms with E-state index in [1.165, 1.54) is 0 Å². The molecule has 0 saturated carbocycles. The Bertz CT molecular complexity index is 1220. The first kappa shape index (κ1) is 19.7. The molecule has 4 rings (SSSR count). The third kappa shape index (κ3) is 3.32. The van der Waals surface area contributed by atoms with E-state index in [9.17, 15) is 15.3 Å². The van der Waals surface area contributed by atoms with Crippen LogP contribution in [0.4, 0.5) is 0 Å². The minimum absolute atomic E-state index is 0.0656. The number of carbonyl (C=O) groups excluding carboxylic acids is 1. The van der Waals surface area contributed by atoms with E-state index in [1.807, 2.05) is 30.0 Å². The number of nitriles is 2. The molecule has 2 heterocycles. The fourth-order valence-corrected chi connectivity index (χ4v) is 4.37. The lowest BCUT2D eigenvalue weighted by Gasteiger charge is -2.36. The van der Waals surface area contributed by atoms with Gasteiger partial charge in [0.25, 0.3) is 0 Å². The first-order valence-electron chi connectivity index (χ1n) is 9.57. The monoisotopic (exact) mass is 415 g/mol. The summed E-state index contributed by atoms with van der Waals surface area (Å²) in [4.78, 5) is 15.0. The van der Waals surface area contributed by atoms with Crippen molar-refractivity contribution in [3.05, 3.63) is 75.6 Å². The number of nitrogens with zero attached hydrogens (tertiary/aromatic N) is 4. The van der Waals surface area contributed by atoms with Gasteiger partial charge in [-0.3, -0.25) is 9.89 Å². The van der Waals surface area contributed by atoms with Crippen LogP contribution in [0.2, 0.25) is 5.02 Å². The van der Waals surface area contributed by atoms with Crippen LogP contribution in [0.1, 0.15) is 40.9 Å². The van der Waals surface area contributed by atoms with Crippen LogP contribution in [0.15, 0.2) is 42.6 Å². The van der Waals surface area contributed by atoms with E-state index in [0.717, 1.165) is 22.3 Å². The van der Waals surface area contributed by atoms with Crippen molar-refractivity contribution >= 4 is 17.5 Å². The van der Waals surface area contributed by atoms with Crippen molar-refractivity contribution in [2.24, 2.45) is 0 Å². The Balaban J connectivity index is 1.65. The van der Waals surface area contributed by atoms with Crippen molar-refractivity contribution in [3.63, 3.8) is 0 Å². The Morgan fingerprint density at radius 3 is 2.80 bits per heavy atom. The summed E-state index contributed by atoms with van der Waals surface area (Å²) in [6.45, 7) is 2.55. The van der Waals surface area contributed by atoms with E-state index in [1.54, 1.807) is 24.4 Å². The smallest absolute Gasteiger partial charge is 0.227 e. The van der Waals surface area contributed by atoms with Gasteiger partial charge >= 0.3 is 0 Å². The Hall–Kier alpha value is -3.61. The van der Waals surface area contributed by atoms with Crippen molar-refractivity contribution in [2.75, 3.05) is 6.54 Å². The first-order valence-corrected chi connectivity index (χ1v) is 9.95. The minimum atomic E-state index is -0.133. The average molecular weight is 416 g/mol. The molecule has 0 fully saturated rings. The van der Waals surface area contributed by atoms with Gasteiger partial charge in [0.2, 0.25) is 5.91 Å². The second-order valence-corrected chi connectivity index (χ2v) is 7.62. The van der Waals surface area contributed by atoms with E-state index in [2.05, 4.69) is 22.3 Å². The lowest BCUT2D eigenvalue weighted by molar-refractivity contribution is -0.133. The largest absolute Gasteiger partial charge is 0.335 e. The van der Waals surface area contributed by atoms with Gasteiger partial charge in [-0.15, -0.1) is 0 Å². The molecule has 1 aliphatic rings. The Kier molecular flexibility index (Phi) is 5.27. The van der Waals surface area contributed by atoms with Crippen LogP contribution in [0.5, 0.6) is 0 Å². The quantitative estimate of drug-likeness (QED) is 0.694. The maximum atomic E-state index is 13.1. The van der Waals surface area contributed by atoms with Gasteiger partial charge in [0.15, 0.2) is 0 Å². The number of nitrogens with one attached hydrogen (secondary N) is 1. The molecule has 1 atom stereocenters. The van der Waals surface area contributed by atoms with Crippen LogP contribution in [-0.4, -0.2) is 27.5 Å². The number of halogens is 1. The standard InChI is InChI=1S/C23H18ClN5O/c1-14-16-5-3-6-17(20-13-27-28-22(20)12-26)18(16)8-9-29(14)23(30)10-19-15(11-25)4-2-7-21(19)24/h2-7,13-14H,8-10H2,1H3,(H,27,28)/t14-/m0/s1. The molecule has 148 valence electrons. The zero-order chi connectivity index (χ0) is 21.3. The lowest BCUT2D eigenvalue weighted by Crippen LogP contribution is -2.40. The summed E-state index contributed by atoms with van der Waals surface area (Å²) in [6, 6.07) is 15.1. The van der Waals surface area contributed by atoms with Crippen LogP contribution in [0.25, 0.3) is 11.1 Å². The summed E-state index contributed by atoms with van der Waals surface area (Å²) < 4.78 is 0. The molecular formula is C23H18ClN5O. The number of carbonyl (C=O) groups is 1. The normalized spacial score (nSPS) is 15.2. The SMILES string of the molecule is C[C@H]1c2cccc(-c3cn[nH]c3C#N)c2CCN1C(=O)Cc1c(Cl)cccc1C#N. The fraction of sp³-hybridized carbons (Fsp3) is 0.217. The Morgan fingerprint density at radius 1 is 1.23 bits per heavy atom. The van der Waals surface area contributed by atoms with Gasteiger partial charge in [-0.2, -0.15) is 15.6 Å². The van der Waals surface area contributed by atoms with Crippen molar-refractivity contribution in [3.8, 4) is 23.3 Å². The van der Waals surface area contributed by atoms with Crippen LogP contribution in [0.3, 0.4) is 0 Å². The van der Waals surface area contributed by atoms with Gasteiger partial charge in [0, 0.05) is 17.1 Å². The molecule has 0 bridgehead atoms. The number of amides is 1. The molecule has 3 aromatic rings. The van der Waals surface area contributed by atoms with Gasteiger partial charge in [0.1, 0.15) is 11.8 Å². The number of H-pyrrole nitrogens is 1. The average Bonchev–Trinajstić information content (AvgIpc) is 3.23. The number of benzene rings is 2. The molecule has 0 saturated heterocycles. The van der Waals surface area contributed by atoms with Crippen molar-refractivity contribution < 1.29 is 4.79 Å². The predicted octanol–water partition coefficient (Wildman–Crippen LogP) is 4.16. The van der Waals surface area contributed by atoms with Crippen LogP contribution >= 0.6 is 11.6 Å². The highest BCUT2D eigenvalue weighted by atomic mass is 35.5. The predicted molar refractivity (Wildman–Crippen MR) is 112 cm³/mol. The summed E-state index contributed by atoms with van der Waals surface area (Å²) in [7, 11) is 0. The zero-order valence-electron chi connectivity index (χ0n) is 16.3. The van der Waals surface area contributed by atoms with Crippen molar-refractivity contribution in [1.82, 2.24) is 15.1 Å². The highest BCUT2D eigenvalue weighted by molar-refractivity contribution is 6.31. The summed E-state index contributed by atoms with van der Waals surface area (Å²) in [5.74, 6) is -0.0656. The molecule has 1 aromatic heterocycles.